The molecule has 0 amide bonds. The Morgan fingerprint density at radius 2 is 2.10 bits per heavy atom. The highest BCUT2D eigenvalue weighted by Crippen LogP contribution is 2.34. The molecule has 0 bridgehead atoms. The van der Waals surface area contributed by atoms with Crippen LogP contribution in [0.5, 0.6) is 5.75 Å². The molecule has 21 heavy (non-hydrogen) atoms. The zero-order valence-electron chi connectivity index (χ0n) is 12.3. The molecule has 2 aromatic carbocycles. The van der Waals surface area contributed by atoms with Gasteiger partial charge in [-0.25, -0.2) is 0 Å². The lowest BCUT2D eigenvalue weighted by Gasteiger charge is -2.21. The standard InChI is InChI=1S/C17H19ClN2O/c1-11-7-12-5-6-20(16(12)9-15(11)19)10-13-8-14(18)3-4-17(13)21-2/h3-4,7-9H,5-6,10,19H2,1-2H3. The van der Waals surface area contributed by atoms with Gasteiger partial charge >= 0.3 is 0 Å². The number of hydrogen-bond donors (Lipinski definition) is 1. The van der Waals surface area contributed by atoms with Crippen LogP contribution in [0.4, 0.5) is 11.4 Å². The summed E-state index contributed by atoms with van der Waals surface area (Å²) in [5, 5.41) is 0.730. The molecule has 0 fully saturated rings. The molecule has 1 aliphatic rings. The van der Waals surface area contributed by atoms with Gasteiger partial charge in [0.2, 0.25) is 0 Å². The van der Waals surface area contributed by atoms with Crippen molar-refractivity contribution >= 4 is 23.0 Å². The molecule has 3 nitrogen and oxygen atoms in total. The lowest BCUT2D eigenvalue weighted by atomic mass is 10.1. The average Bonchev–Trinajstić information content (AvgIpc) is 2.82. The van der Waals surface area contributed by atoms with Crippen LogP contribution in [0, 0.1) is 6.92 Å². The van der Waals surface area contributed by atoms with Crippen LogP contribution in [0.15, 0.2) is 30.3 Å². The molecule has 0 unspecified atom stereocenters. The third kappa shape index (κ3) is 2.66. The smallest absolute Gasteiger partial charge is 0.123 e. The minimum atomic E-state index is 0.730. The van der Waals surface area contributed by atoms with Crippen LogP contribution in [-0.4, -0.2) is 13.7 Å². The van der Waals surface area contributed by atoms with Crippen LogP contribution in [-0.2, 0) is 13.0 Å². The Morgan fingerprint density at radius 3 is 2.86 bits per heavy atom. The van der Waals surface area contributed by atoms with Crippen LogP contribution in [0.1, 0.15) is 16.7 Å². The van der Waals surface area contributed by atoms with Crippen molar-refractivity contribution < 1.29 is 4.74 Å². The maximum absolute atomic E-state index is 6.11. The summed E-state index contributed by atoms with van der Waals surface area (Å²) in [4.78, 5) is 2.33. The summed E-state index contributed by atoms with van der Waals surface area (Å²) in [5.74, 6) is 0.868. The van der Waals surface area contributed by atoms with Gasteiger partial charge in [0.25, 0.3) is 0 Å². The van der Waals surface area contributed by atoms with E-state index in [4.69, 9.17) is 22.1 Å². The fourth-order valence-corrected chi connectivity index (χ4v) is 3.08. The highest BCUT2D eigenvalue weighted by molar-refractivity contribution is 6.30. The first-order valence-corrected chi connectivity index (χ1v) is 7.42. The van der Waals surface area contributed by atoms with Crippen LogP contribution in [0.3, 0.4) is 0 Å². The molecule has 3 rings (SSSR count). The molecule has 0 saturated heterocycles. The summed E-state index contributed by atoms with van der Waals surface area (Å²) in [7, 11) is 1.69. The molecule has 0 aromatic heterocycles. The topological polar surface area (TPSA) is 38.5 Å². The van der Waals surface area contributed by atoms with E-state index in [0.29, 0.717) is 0 Å². The third-order valence-corrected chi connectivity index (χ3v) is 4.30. The van der Waals surface area contributed by atoms with Crippen LogP contribution in [0.25, 0.3) is 0 Å². The highest BCUT2D eigenvalue weighted by Gasteiger charge is 2.21. The van der Waals surface area contributed by atoms with Crippen molar-refractivity contribution in [3.63, 3.8) is 0 Å². The zero-order valence-corrected chi connectivity index (χ0v) is 13.1. The summed E-state index contributed by atoms with van der Waals surface area (Å²) in [5.41, 5.74) is 11.7. The molecule has 0 saturated carbocycles. The maximum Gasteiger partial charge on any atom is 0.123 e. The molecular weight excluding hydrogens is 284 g/mol. The number of nitrogens with two attached hydrogens (primary N) is 1. The van der Waals surface area contributed by atoms with Crippen molar-refractivity contribution in [3.05, 3.63) is 52.0 Å². The van der Waals surface area contributed by atoms with E-state index in [-0.39, 0.29) is 0 Å². The molecule has 1 heterocycles. The van der Waals surface area contributed by atoms with Gasteiger partial charge in [0.1, 0.15) is 5.75 Å². The predicted molar refractivity (Wildman–Crippen MR) is 88.3 cm³/mol. The number of ether oxygens (including phenoxy) is 1. The van der Waals surface area contributed by atoms with E-state index in [2.05, 4.69) is 24.0 Å². The molecule has 0 spiro atoms. The normalized spacial score (nSPS) is 13.4. The number of anilines is 2. The Morgan fingerprint density at radius 1 is 1.29 bits per heavy atom. The van der Waals surface area contributed by atoms with Crippen molar-refractivity contribution in [2.45, 2.75) is 19.9 Å². The van der Waals surface area contributed by atoms with E-state index in [0.717, 1.165) is 47.1 Å². The van der Waals surface area contributed by atoms with Crippen LogP contribution >= 0.6 is 11.6 Å². The number of fused-ring (bicyclic) bond motifs is 1. The largest absolute Gasteiger partial charge is 0.496 e. The van der Waals surface area contributed by atoms with E-state index < -0.39 is 0 Å². The third-order valence-electron chi connectivity index (χ3n) is 4.06. The Labute approximate surface area is 130 Å². The Bertz CT molecular complexity index is 685. The molecule has 1 aliphatic heterocycles. The number of aryl methyl sites for hydroxylation is 1. The second-order valence-corrected chi connectivity index (χ2v) is 5.90. The lowest BCUT2D eigenvalue weighted by molar-refractivity contribution is 0.409. The van der Waals surface area contributed by atoms with E-state index >= 15 is 0 Å². The lowest BCUT2D eigenvalue weighted by Crippen LogP contribution is -2.20. The van der Waals surface area contributed by atoms with Gasteiger partial charge in [-0.2, -0.15) is 0 Å². The first kappa shape index (κ1) is 14.1. The number of rotatable bonds is 3. The second kappa shape index (κ2) is 5.49. The Hall–Kier alpha value is -1.87. The summed E-state index contributed by atoms with van der Waals surface area (Å²) in [6, 6.07) is 10.0. The Balaban J connectivity index is 1.92. The van der Waals surface area contributed by atoms with E-state index in [9.17, 15) is 0 Å². The molecule has 0 atom stereocenters. The Kier molecular flexibility index (Phi) is 3.68. The zero-order chi connectivity index (χ0) is 15.0. The molecule has 0 aliphatic carbocycles. The minimum Gasteiger partial charge on any atom is -0.496 e. The number of nitrogens with zero attached hydrogens (tertiary/aromatic N) is 1. The molecular formula is C17H19ClN2O. The van der Waals surface area contributed by atoms with Crippen molar-refractivity contribution in [1.29, 1.82) is 0 Å². The number of methoxy groups -OCH3 is 1. The first-order valence-electron chi connectivity index (χ1n) is 7.05. The van der Waals surface area contributed by atoms with Crippen molar-refractivity contribution in [1.82, 2.24) is 0 Å². The number of benzene rings is 2. The van der Waals surface area contributed by atoms with Crippen LogP contribution in [0.2, 0.25) is 5.02 Å². The molecule has 2 N–H and O–H groups in total. The molecule has 4 heteroatoms. The summed E-state index contributed by atoms with van der Waals surface area (Å²) >= 11 is 6.11. The SMILES string of the molecule is COc1ccc(Cl)cc1CN1CCc2cc(C)c(N)cc21. The van der Waals surface area contributed by atoms with E-state index in [1.54, 1.807) is 7.11 Å². The predicted octanol–water partition coefficient (Wildman–Crippen LogP) is 3.80. The second-order valence-electron chi connectivity index (χ2n) is 5.47. The quantitative estimate of drug-likeness (QED) is 0.876. The first-order chi connectivity index (χ1) is 10.1. The maximum atomic E-state index is 6.11. The number of hydrogen-bond acceptors (Lipinski definition) is 3. The fourth-order valence-electron chi connectivity index (χ4n) is 2.88. The highest BCUT2D eigenvalue weighted by atomic mass is 35.5. The number of halogens is 1. The molecule has 110 valence electrons. The van der Waals surface area contributed by atoms with Crippen LogP contribution < -0.4 is 15.4 Å². The van der Waals surface area contributed by atoms with Crippen molar-refractivity contribution in [2.75, 3.05) is 24.3 Å². The molecule has 2 aromatic rings. The molecule has 0 radical (unpaired) electrons. The van der Waals surface area contributed by atoms with Gasteiger partial charge in [0, 0.05) is 35.1 Å². The van der Waals surface area contributed by atoms with Gasteiger partial charge < -0.3 is 15.4 Å². The van der Waals surface area contributed by atoms with Gasteiger partial charge in [-0.05, 0) is 48.7 Å². The number of nitrogen functional groups attached to an aromatic ring is 1. The van der Waals surface area contributed by atoms with E-state index in [1.807, 2.05) is 18.2 Å². The minimum absolute atomic E-state index is 0.730. The van der Waals surface area contributed by atoms with Gasteiger partial charge in [0.15, 0.2) is 0 Å². The monoisotopic (exact) mass is 302 g/mol. The van der Waals surface area contributed by atoms with Gasteiger partial charge in [-0.15, -0.1) is 0 Å². The summed E-state index contributed by atoms with van der Waals surface area (Å²) < 4.78 is 5.43. The van der Waals surface area contributed by atoms with Crippen molar-refractivity contribution in [3.8, 4) is 5.75 Å². The average molecular weight is 303 g/mol. The van der Waals surface area contributed by atoms with Gasteiger partial charge in [-0.1, -0.05) is 17.7 Å². The summed E-state index contributed by atoms with van der Waals surface area (Å²) in [6.45, 7) is 3.82. The van der Waals surface area contributed by atoms with Crippen molar-refractivity contribution in [2.24, 2.45) is 0 Å². The summed E-state index contributed by atoms with van der Waals surface area (Å²) in [6.07, 6.45) is 1.05. The van der Waals surface area contributed by atoms with E-state index in [1.165, 1.54) is 11.3 Å². The van der Waals surface area contributed by atoms with Gasteiger partial charge in [-0.3, -0.25) is 0 Å². The van der Waals surface area contributed by atoms with Gasteiger partial charge in [0.05, 0.1) is 7.11 Å². The fraction of sp³-hybridized carbons (Fsp3) is 0.294.